The second kappa shape index (κ2) is 4.81. The van der Waals surface area contributed by atoms with Gasteiger partial charge in [0.05, 0.1) is 4.90 Å². The molecule has 0 saturated heterocycles. The number of halogens is 1. The molecule has 1 spiro atoms. The number of carboxylic acid groups (broad SMARTS) is 1. The molecule has 0 radical (unpaired) electrons. The van der Waals surface area contributed by atoms with Gasteiger partial charge in [-0.1, -0.05) is 28.8 Å². The highest BCUT2D eigenvalue weighted by Gasteiger charge is 2.66. The van der Waals surface area contributed by atoms with Gasteiger partial charge in [0.2, 0.25) is 0 Å². The molecule has 4 nitrogen and oxygen atoms in total. The maximum atomic E-state index is 12.8. The van der Waals surface area contributed by atoms with Crippen molar-refractivity contribution in [2.45, 2.75) is 48.2 Å². The first kappa shape index (κ1) is 15.0. The number of carboxylic acids is 1. The molecule has 0 heterocycles. The highest BCUT2D eigenvalue weighted by Crippen LogP contribution is 2.61. The lowest BCUT2D eigenvalue weighted by Gasteiger charge is -2.51. The Hall–Kier alpha value is -0.880. The average molecular weight is 373 g/mol. The fourth-order valence-corrected chi connectivity index (χ4v) is 6.37. The quantitative estimate of drug-likeness (QED) is 0.882. The first-order valence-corrected chi connectivity index (χ1v) is 9.33. The van der Waals surface area contributed by atoms with Crippen molar-refractivity contribution in [3.63, 3.8) is 0 Å². The summed E-state index contributed by atoms with van der Waals surface area (Å²) in [6.45, 7) is 0. The standard InChI is InChI=1S/C15H17BrO4S/c16-11-3-5-12(6-4-11)21(19,20)15(13(17)18)9-14(10-15)7-1-2-8-14/h3-6H,1-2,7-10H2,(H,17,18). The molecule has 2 aliphatic carbocycles. The van der Waals surface area contributed by atoms with E-state index >= 15 is 0 Å². The molecular formula is C15H17BrO4S. The summed E-state index contributed by atoms with van der Waals surface area (Å²) >= 11 is 3.26. The van der Waals surface area contributed by atoms with Crippen molar-refractivity contribution in [1.82, 2.24) is 0 Å². The van der Waals surface area contributed by atoms with Crippen LogP contribution in [0, 0.1) is 5.41 Å². The van der Waals surface area contributed by atoms with Crippen molar-refractivity contribution in [2.75, 3.05) is 0 Å². The Morgan fingerprint density at radius 3 is 2.10 bits per heavy atom. The van der Waals surface area contributed by atoms with Crippen LogP contribution in [0.3, 0.4) is 0 Å². The molecule has 21 heavy (non-hydrogen) atoms. The highest BCUT2D eigenvalue weighted by molar-refractivity contribution is 9.10. The summed E-state index contributed by atoms with van der Waals surface area (Å²) in [4.78, 5) is 11.8. The van der Waals surface area contributed by atoms with Gasteiger partial charge in [-0.15, -0.1) is 0 Å². The summed E-state index contributed by atoms with van der Waals surface area (Å²) in [7, 11) is -3.86. The summed E-state index contributed by atoms with van der Waals surface area (Å²) in [5.41, 5.74) is -0.0547. The van der Waals surface area contributed by atoms with Gasteiger partial charge >= 0.3 is 5.97 Å². The number of sulfone groups is 1. The number of aliphatic carboxylic acids is 1. The second-order valence-electron chi connectivity index (χ2n) is 6.32. The molecule has 114 valence electrons. The normalized spacial score (nSPS) is 22.9. The zero-order chi connectivity index (χ0) is 15.3. The van der Waals surface area contributed by atoms with Gasteiger partial charge in [-0.25, -0.2) is 8.42 Å². The van der Waals surface area contributed by atoms with E-state index in [1.54, 1.807) is 12.1 Å². The van der Waals surface area contributed by atoms with Gasteiger partial charge in [-0.05, 0) is 55.4 Å². The fraction of sp³-hybridized carbons (Fsp3) is 0.533. The van der Waals surface area contributed by atoms with Crippen LogP contribution in [0.15, 0.2) is 33.6 Å². The average Bonchev–Trinajstić information content (AvgIpc) is 2.85. The smallest absolute Gasteiger partial charge is 0.325 e. The van der Waals surface area contributed by atoms with Crippen LogP contribution >= 0.6 is 15.9 Å². The first-order valence-electron chi connectivity index (χ1n) is 7.05. The van der Waals surface area contributed by atoms with Crippen LogP contribution in [-0.2, 0) is 14.6 Å². The van der Waals surface area contributed by atoms with E-state index in [1.807, 2.05) is 0 Å². The topological polar surface area (TPSA) is 71.4 Å². The minimum Gasteiger partial charge on any atom is -0.480 e. The molecule has 0 amide bonds. The molecule has 0 bridgehead atoms. The molecule has 2 fully saturated rings. The van der Waals surface area contributed by atoms with Gasteiger partial charge < -0.3 is 5.11 Å². The van der Waals surface area contributed by atoms with Gasteiger partial charge in [-0.3, -0.25) is 4.79 Å². The lowest BCUT2D eigenvalue weighted by Crippen LogP contribution is -2.60. The maximum absolute atomic E-state index is 12.8. The first-order chi connectivity index (χ1) is 9.81. The van der Waals surface area contributed by atoms with Gasteiger partial charge in [-0.2, -0.15) is 0 Å². The van der Waals surface area contributed by atoms with Crippen LogP contribution in [0.2, 0.25) is 0 Å². The lowest BCUT2D eigenvalue weighted by molar-refractivity contribution is -0.147. The molecule has 2 aliphatic rings. The summed E-state index contributed by atoms with van der Waals surface area (Å²) in [6.07, 6.45) is 4.58. The van der Waals surface area contributed by atoms with Crippen molar-refractivity contribution >= 4 is 31.7 Å². The van der Waals surface area contributed by atoms with Crippen molar-refractivity contribution < 1.29 is 18.3 Å². The minimum atomic E-state index is -3.86. The zero-order valence-corrected chi connectivity index (χ0v) is 13.9. The fourth-order valence-electron chi connectivity index (χ4n) is 3.93. The predicted octanol–water partition coefficient (Wildman–Crippen LogP) is 3.40. The monoisotopic (exact) mass is 372 g/mol. The number of rotatable bonds is 3. The van der Waals surface area contributed by atoms with Gasteiger partial charge in [0.25, 0.3) is 0 Å². The molecule has 1 aromatic carbocycles. The van der Waals surface area contributed by atoms with Crippen LogP contribution in [0.4, 0.5) is 0 Å². The third-order valence-electron chi connectivity index (χ3n) is 5.01. The summed E-state index contributed by atoms with van der Waals surface area (Å²) in [5.74, 6) is -1.21. The molecule has 1 aromatic rings. The minimum absolute atomic E-state index is 0.0547. The predicted molar refractivity (Wildman–Crippen MR) is 81.8 cm³/mol. The van der Waals surface area contributed by atoms with E-state index in [0.717, 1.165) is 30.2 Å². The number of carbonyl (C=O) groups is 1. The molecule has 2 saturated carbocycles. The van der Waals surface area contributed by atoms with Crippen molar-refractivity contribution in [2.24, 2.45) is 5.41 Å². The third-order valence-corrected chi connectivity index (χ3v) is 7.93. The van der Waals surface area contributed by atoms with E-state index < -0.39 is 20.6 Å². The molecule has 3 rings (SSSR count). The highest BCUT2D eigenvalue weighted by atomic mass is 79.9. The van der Waals surface area contributed by atoms with Crippen LogP contribution in [0.25, 0.3) is 0 Å². The van der Waals surface area contributed by atoms with Crippen LogP contribution < -0.4 is 0 Å². The lowest BCUT2D eigenvalue weighted by atomic mass is 9.60. The number of benzene rings is 1. The van der Waals surface area contributed by atoms with Crippen molar-refractivity contribution in [3.05, 3.63) is 28.7 Å². The molecule has 6 heteroatoms. The Labute approximate surface area is 132 Å². The summed E-state index contributed by atoms with van der Waals surface area (Å²) in [5, 5.41) is 9.59. The maximum Gasteiger partial charge on any atom is 0.325 e. The van der Waals surface area contributed by atoms with Gasteiger partial charge in [0.15, 0.2) is 14.6 Å². The van der Waals surface area contributed by atoms with E-state index in [-0.39, 0.29) is 23.2 Å². The Bertz CT molecular complexity index is 664. The summed E-state index contributed by atoms with van der Waals surface area (Å²) in [6, 6.07) is 6.21. The Morgan fingerprint density at radius 1 is 1.10 bits per heavy atom. The van der Waals surface area contributed by atoms with Crippen LogP contribution in [-0.4, -0.2) is 24.2 Å². The van der Waals surface area contributed by atoms with Crippen LogP contribution in [0.1, 0.15) is 38.5 Å². The van der Waals surface area contributed by atoms with E-state index in [9.17, 15) is 18.3 Å². The molecule has 0 aliphatic heterocycles. The molecule has 0 atom stereocenters. The molecule has 0 unspecified atom stereocenters. The number of hydrogen-bond donors (Lipinski definition) is 1. The second-order valence-corrected chi connectivity index (χ2v) is 9.49. The largest absolute Gasteiger partial charge is 0.480 e. The Morgan fingerprint density at radius 2 is 1.62 bits per heavy atom. The van der Waals surface area contributed by atoms with Crippen molar-refractivity contribution in [1.29, 1.82) is 0 Å². The zero-order valence-electron chi connectivity index (χ0n) is 11.5. The van der Waals surface area contributed by atoms with Crippen LogP contribution in [0.5, 0.6) is 0 Å². The van der Waals surface area contributed by atoms with E-state index in [1.165, 1.54) is 12.1 Å². The van der Waals surface area contributed by atoms with Gasteiger partial charge in [0.1, 0.15) is 0 Å². The number of hydrogen-bond acceptors (Lipinski definition) is 3. The molecule has 1 N–H and O–H groups in total. The van der Waals surface area contributed by atoms with E-state index in [2.05, 4.69) is 15.9 Å². The van der Waals surface area contributed by atoms with Crippen molar-refractivity contribution in [3.8, 4) is 0 Å². The summed E-state index contributed by atoms with van der Waals surface area (Å²) < 4.78 is 24.8. The van der Waals surface area contributed by atoms with E-state index in [0.29, 0.717) is 0 Å². The Kier molecular flexibility index (Phi) is 3.44. The molecule has 0 aromatic heterocycles. The molecular weight excluding hydrogens is 356 g/mol. The van der Waals surface area contributed by atoms with Gasteiger partial charge in [0, 0.05) is 4.47 Å². The Balaban J connectivity index is 1.99. The SMILES string of the molecule is O=C(O)C1(S(=O)(=O)c2ccc(Br)cc2)CC2(CCCC2)C1. The van der Waals surface area contributed by atoms with E-state index in [4.69, 9.17) is 0 Å². The third kappa shape index (κ3) is 2.14.